The molecule has 106 valence electrons. The van der Waals surface area contributed by atoms with Gasteiger partial charge in [-0.2, -0.15) is 0 Å². The van der Waals surface area contributed by atoms with Gasteiger partial charge >= 0.3 is 0 Å². The second-order valence-electron chi connectivity index (χ2n) is 6.71. The average Bonchev–Trinajstić information content (AvgIpc) is 2.97. The van der Waals surface area contributed by atoms with Crippen LogP contribution < -0.4 is 0 Å². The number of rotatable bonds is 1. The molecule has 3 nitrogen and oxygen atoms in total. The number of carbonyl (C=O) groups is 1. The van der Waals surface area contributed by atoms with Crippen molar-refractivity contribution in [3.63, 3.8) is 0 Å². The van der Waals surface area contributed by atoms with Gasteiger partial charge in [-0.1, -0.05) is 32.6 Å². The zero-order chi connectivity index (χ0) is 13.9. The smallest absolute Gasteiger partial charge is 0.228 e. The lowest BCUT2D eigenvalue weighted by Crippen LogP contribution is -2.42. The third kappa shape index (κ3) is 3.73. The predicted octanol–water partition coefficient (Wildman–Crippen LogP) is 2.12. The molecule has 0 N–H and O–H groups in total. The maximum Gasteiger partial charge on any atom is 0.228 e. The van der Waals surface area contributed by atoms with Gasteiger partial charge < -0.3 is 4.90 Å². The summed E-state index contributed by atoms with van der Waals surface area (Å²) >= 11 is 0. The normalized spacial score (nSPS) is 24.4. The topological polar surface area (TPSA) is 23.6 Å². The Morgan fingerprint density at radius 3 is 2.47 bits per heavy atom. The molecule has 2 heterocycles. The van der Waals surface area contributed by atoms with Gasteiger partial charge in [0.1, 0.15) is 0 Å². The molecule has 2 rings (SSSR count). The van der Waals surface area contributed by atoms with Crippen LogP contribution in [0.25, 0.3) is 0 Å². The van der Waals surface area contributed by atoms with Crippen molar-refractivity contribution in [2.45, 2.75) is 52.5 Å². The van der Waals surface area contributed by atoms with Crippen molar-refractivity contribution in [2.24, 2.45) is 5.41 Å². The summed E-state index contributed by atoms with van der Waals surface area (Å²) in [6.07, 6.45) is 4.74. The molecule has 3 heteroatoms. The Balaban J connectivity index is 1.91. The molecule has 0 spiro atoms. The summed E-state index contributed by atoms with van der Waals surface area (Å²) in [6.45, 7) is 10.1. The number of hydrogen-bond donors (Lipinski definition) is 0. The lowest BCUT2D eigenvalue weighted by Gasteiger charge is -2.28. The van der Waals surface area contributed by atoms with E-state index < -0.39 is 0 Å². The SMILES string of the molecule is CC(C)(C)C(=O)N1CCC[C@@H]1C#CCN1CCCC1. The van der Waals surface area contributed by atoms with Crippen LogP contribution >= 0.6 is 0 Å². The van der Waals surface area contributed by atoms with Gasteiger partial charge in [0.05, 0.1) is 12.6 Å². The molecule has 0 aromatic rings. The summed E-state index contributed by atoms with van der Waals surface area (Å²) < 4.78 is 0. The van der Waals surface area contributed by atoms with E-state index in [2.05, 4.69) is 16.7 Å². The maximum atomic E-state index is 12.3. The molecule has 0 unspecified atom stereocenters. The van der Waals surface area contributed by atoms with Crippen LogP contribution in [-0.4, -0.2) is 47.9 Å². The second-order valence-corrected chi connectivity index (χ2v) is 6.71. The molecule has 0 saturated carbocycles. The van der Waals surface area contributed by atoms with Crippen LogP contribution in [0.1, 0.15) is 46.5 Å². The van der Waals surface area contributed by atoms with E-state index in [9.17, 15) is 4.79 Å². The minimum Gasteiger partial charge on any atom is -0.328 e. The minimum atomic E-state index is -0.292. The highest BCUT2D eigenvalue weighted by Crippen LogP contribution is 2.24. The first-order valence-corrected chi connectivity index (χ1v) is 7.50. The van der Waals surface area contributed by atoms with E-state index in [4.69, 9.17) is 0 Å². The molecule has 0 aliphatic carbocycles. The quantitative estimate of drug-likeness (QED) is 0.676. The molecular formula is C16H26N2O. The lowest BCUT2D eigenvalue weighted by atomic mass is 9.94. The Morgan fingerprint density at radius 1 is 1.16 bits per heavy atom. The van der Waals surface area contributed by atoms with E-state index in [0.29, 0.717) is 0 Å². The highest BCUT2D eigenvalue weighted by atomic mass is 16.2. The van der Waals surface area contributed by atoms with Crippen molar-refractivity contribution in [3.8, 4) is 11.8 Å². The van der Waals surface area contributed by atoms with Gasteiger partial charge in [0.15, 0.2) is 0 Å². The van der Waals surface area contributed by atoms with Crippen LogP contribution in [-0.2, 0) is 4.79 Å². The van der Waals surface area contributed by atoms with E-state index in [1.807, 2.05) is 25.7 Å². The van der Waals surface area contributed by atoms with Crippen molar-refractivity contribution in [3.05, 3.63) is 0 Å². The van der Waals surface area contributed by atoms with Gasteiger partial charge in [-0.3, -0.25) is 9.69 Å². The number of likely N-dealkylation sites (tertiary alicyclic amines) is 2. The van der Waals surface area contributed by atoms with E-state index in [1.54, 1.807) is 0 Å². The lowest BCUT2D eigenvalue weighted by molar-refractivity contribution is -0.139. The van der Waals surface area contributed by atoms with E-state index in [0.717, 1.165) is 25.9 Å². The predicted molar refractivity (Wildman–Crippen MR) is 77.6 cm³/mol. The molecule has 2 aliphatic rings. The highest BCUT2D eigenvalue weighted by molar-refractivity contribution is 5.82. The Bertz CT molecular complexity index is 380. The summed E-state index contributed by atoms with van der Waals surface area (Å²) in [7, 11) is 0. The summed E-state index contributed by atoms with van der Waals surface area (Å²) in [4.78, 5) is 16.7. The van der Waals surface area contributed by atoms with Crippen LogP contribution in [0, 0.1) is 17.3 Å². The minimum absolute atomic E-state index is 0.148. The molecule has 19 heavy (non-hydrogen) atoms. The summed E-state index contributed by atoms with van der Waals surface area (Å²) in [5.74, 6) is 6.85. The summed E-state index contributed by atoms with van der Waals surface area (Å²) in [5, 5.41) is 0. The standard InChI is InChI=1S/C16H26N2O/c1-16(2,3)15(19)18-13-7-9-14(18)8-6-12-17-10-4-5-11-17/h14H,4-5,7,9-13H2,1-3H3/t14-/m0/s1. The fourth-order valence-corrected chi connectivity index (χ4v) is 2.81. The van der Waals surface area contributed by atoms with Gasteiger partial charge in [0, 0.05) is 12.0 Å². The Labute approximate surface area is 117 Å². The number of amides is 1. The molecule has 2 aliphatic heterocycles. The third-order valence-corrected chi connectivity index (χ3v) is 3.93. The van der Waals surface area contributed by atoms with E-state index >= 15 is 0 Å². The zero-order valence-electron chi connectivity index (χ0n) is 12.5. The molecule has 0 aromatic carbocycles. The summed E-state index contributed by atoms with van der Waals surface area (Å²) in [5.41, 5.74) is -0.292. The Morgan fingerprint density at radius 2 is 1.84 bits per heavy atom. The van der Waals surface area contributed by atoms with Crippen molar-refractivity contribution in [2.75, 3.05) is 26.2 Å². The van der Waals surface area contributed by atoms with Gasteiger partial charge in [-0.25, -0.2) is 0 Å². The largest absolute Gasteiger partial charge is 0.328 e. The maximum absolute atomic E-state index is 12.3. The first-order chi connectivity index (χ1) is 8.98. The molecule has 2 fully saturated rings. The number of nitrogens with zero attached hydrogens (tertiary/aromatic N) is 2. The van der Waals surface area contributed by atoms with Crippen LogP contribution in [0.2, 0.25) is 0 Å². The zero-order valence-corrected chi connectivity index (χ0v) is 12.5. The Hall–Kier alpha value is -1.01. The van der Waals surface area contributed by atoms with Gasteiger partial charge in [0.25, 0.3) is 0 Å². The van der Waals surface area contributed by atoms with Crippen LogP contribution in [0.4, 0.5) is 0 Å². The number of hydrogen-bond acceptors (Lipinski definition) is 2. The molecule has 0 radical (unpaired) electrons. The first-order valence-electron chi connectivity index (χ1n) is 7.50. The van der Waals surface area contributed by atoms with Crippen LogP contribution in [0.15, 0.2) is 0 Å². The molecule has 0 aromatic heterocycles. The van der Waals surface area contributed by atoms with E-state index in [1.165, 1.54) is 25.9 Å². The molecular weight excluding hydrogens is 236 g/mol. The van der Waals surface area contributed by atoms with Gasteiger partial charge in [-0.15, -0.1) is 0 Å². The molecule has 0 bridgehead atoms. The summed E-state index contributed by atoms with van der Waals surface area (Å²) in [6, 6.07) is 0.148. The molecule has 1 amide bonds. The average molecular weight is 262 g/mol. The van der Waals surface area contributed by atoms with Crippen LogP contribution in [0.3, 0.4) is 0 Å². The molecule has 2 saturated heterocycles. The van der Waals surface area contributed by atoms with Crippen molar-refractivity contribution >= 4 is 5.91 Å². The van der Waals surface area contributed by atoms with Crippen molar-refractivity contribution in [1.29, 1.82) is 0 Å². The van der Waals surface area contributed by atoms with Gasteiger partial charge in [0.2, 0.25) is 5.91 Å². The number of carbonyl (C=O) groups excluding carboxylic acids is 1. The van der Waals surface area contributed by atoms with Crippen molar-refractivity contribution in [1.82, 2.24) is 9.80 Å². The Kier molecular flexibility index (Phi) is 4.52. The molecule has 1 atom stereocenters. The first kappa shape index (κ1) is 14.4. The fourth-order valence-electron chi connectivity index (χ4n) is 2.81. The van der Waals surface area contributed by atoms with Crippen molar-refractivity contribution < 1.29 is 4.79 Å². The third-order valence-electron chi connectivity index (χ3n) is 3.93. The van der Waals surface area contributed by atoms with E-state index in [-0.39, 0.29) is 17.4 Å². The fraction of sp³-hybridized carbons (Fsp3) is 0.812. The highest BCUT2D eigenvalue weighted by Gasteiger charge is 2.34. The monoisotopic (exact) mass is 262 g/mol. The van der Waals surface area contributed by atoms with Crippen LogP contribution in [0.5, 0.6) is 0 Å². The second kappa shape index (κ2) is 5.96. The van der Waals surface area contributed by atoms with Gasteiger partial charge in [-0.05, 0) is 38.8 Å².